The monoisotopic (exact) mass is 519 g/mol. The maximum absolute atomic E-state index is 13.4. The molecular weight excluding hydrogens is 490 g/mol. The average Bonchev–Trinajstić information content (AvgIpc) is 3.15. The van der Waals surface area contributed by atoms with Gasteiger partial charge in [0.15, 0.2) is 5.13 Å². The van der Waals surface area contributed by atoms with Crippen LogP contribution in [-0.2, 0) is 11.2 Å². The van der Waals surface area contributed by atoms with Crippen LogP contribution in [0.1, 0.15) is 33.3 Å². The van der Waals surface area contributed by atoms with Gasteiger partial charge in [-0.25, -0.2) is 4.98 Å². The van der Waals surface area contributed by atoms with Gasteiger partial charge >= 0.3 is 0 Å². The van der Waals surface area contributed by atoms with E-state index in [0.717, 1.165) is 45.0 Å². The number of fused-ring (bicyclic) bond motifs is 1. The van der Waals surface area contributed by atoms with Crippen molar-refractivity contribution in [3.8, 4) is 0 Å². The van der Waals surface area contributed by atoms with Crippen molar-refractivity contribution < 1.29 is 4.79 Å². The molecule has 0 aliphatic heterocycles. The van der Waals surface area contributed by atoms with E-state index in [-0.39, 0.29) is 5.91 Å². The second kappa shape index (κ2) is 11.5. The number of thiazole rings is 1. The van der Waals surface area contributed by atoms with Crippen molar-refractivity contribution >= 4 is 60.3 Å². The van der Waals surface area contributed by atoms with Crippen molar-refractivity contribution in [2.45, 2.75) is 44.3 Å². The molecule has 0 spiro atoms. The van der Waals surface area contributed by atoms with E-state index in [4.69, 9.17) is 4.98 Å². The van der Waals surface area contributed by atoms with E-state index >= 15 is 0 Å². The summed E-state index contributed by atoms with van der Waals surface area (Å²) < 4.78 is 2.11. The maximum Gasteiger partial charge on any atom is 0.233 e. The lowest BCUT2D eigenvalue weighted by atomic mass is 10.1. The number of halogens is 1. The smallest absolute Gasteiger partial charge is 0.233 e. The molecule has 0 N–H and O–H groups in total. The van der Waals surface area contributed by atoms with Crippen LogP contribution >= 0.6 is 39.0 Å². The molecule has 0 bridgehead atoms. The first-order chi connectivity index (χ1) is 14.9. The number of aromatic nitrogens is 1. The molecule has 31 heavy (non-hydrogen) atoms. The molecule has 0 atom stereocenters. The Bertz CT molecular complexity index is 1000. The van der Waals surface area contributed by atoms with E-state index in [0.29, 0.717) is 18.2 Å². The topological polar surface area (TPSA) is 36.4 Å². The highest BCUT2D eigenvalue weighted by atomic mass is 79.9. The molecule has 0 radical (unpaired) electrons. The summed E-state index contributed by atoms with van der Waals surface area (Å²) in [7, 11) is 0. The fraction of sp³-hybridized carbons (Fsp3) is 0.417. The summed E-state index contributed by atoms with van der Waals surface area (Å²) in [4.78, 5) is 23.6. The number of carbonyl (C=O) groups is 1. The third-order valence-electron chi connectivity index (χ3n) is 5.06. The van der Waals surface area contributed by atoms with Gasteiger partial charge in [-0.1, -0.05) is 67.1 Å². The molecule has 1 amide bonds. The first-order valence-electron chi connectivity index (χ1n) is 10.7. The van der Waals surface area contributed by atoms with Gasteiger partial charge in [-0.05, 0) is 49.0 Å². The van der Waals surface area contributed by atoms with Gasteiger partial charge < -0.3 is 4.90 Å². The summed E-state index contributed by atoms with van der Waals surface area (Å²) in [6.07, 6.45) is 0.379. The van der Waals surface area contributed by atoms with Gasteiger partial charge in [0.25, 0.3) is 0 Å². The Balaban J connectivity index is 1.81. The van der Waals surface area contributed by atoms with E-state index in [9.17, 15) is 4.79 Å². The molecule has 0 unspecified atom stereocenters. The molecule has 0 saturated heterocycles. The second-order valence-corrected chi connectivity index (χ2v) is 11.2. The van der Waals surface area contributed by atoms with Crippen molar-refractivity contribution in [2.75, 3.05) is 31.1 Å². The Morgan fingerprint density at radius 2 is 1.81 bits per heavy atom. The van der Waals surface area contributed by atoms with Crippen LogP contribution in [0.2, 0.25) is 0 Å². The zero-order chi connectivity index (χ0) is 22.4. The minimum absolute atomic E-state index is 0.0922. The number of amides is 1. The largest absolute Gasteiger partial charge is 0.302 e. The quantitative estimate of drug-likeness (QED) is 0.287. The summed E-state index contributed by atoms with van der Waals surface area (Å²) in [5, 5.41) is 1.32. The molecule has 7 heteroatoms. The van der Waals surface area contributed by atoms with Crippen molar-refractivity contribution in [1.29, 1.82) is 0 Å². The molecule has 4 nitrogen and oxygen atoms in total. The third kappa shape index (κ3) is 6.78. The Hall–Kier alpha value is -1.41. The normalized spacial score (nSPS) is 11.6. The first kappa shape index (κ1) is 24.2. The van der Waals surface area contributed by atoms with Crippen molar-refractivity contribution in [3.63, 3.8) is 0 Å². The maximum atomic E-state index is 13.4. The van der Waals surface area contributed by atoms with Crippen LogP contribution in [0.25, 0.3) is 10.2 Å². The number of hydrogen-bond donors (Lipinski definition) is 0. The minimum Gasteiger partial charge on any atom is -0.302 e. The van der Waals surface area contributed by atoms with Crippen LogP contribution in [0.5, 0.6) is 0 Å². The fourth-order valence-corrected chi connectivity index (χ4v) is 5.74. The van der Waals surface area contributed by atoms with Crippen LogP contribution in [-0.4, -0.2) is 47.2 Å². The van der Waals surface area contributed by atoms with Gasteiger partial charge in [0.2, 0.25) is 5.91 Å². The molecule has 166 valence electrons. The summed E-state index contributed by atoms with van der Waals surface area (Å²) in [6.45, 7) is 12.1. The van der Waals surface area contributed by atoms with Gasteiger partial charge in [-0.15, -0.1) is 11.8 Å². The lowest BCUT2D eigenvalue weighted by molar-refractivity contribution is -0.118. The highest BCUT2D eigenvalue weighted by Gasteiger charge is 2.21. The Kier molecular flexibility index (Phi) is 8.95. The van der Waals surface area contributed by atoms with Crippen LogP contribution < -0.4 is 4.90 Å². The van der Waals surface area contributed by atoms with Gasteiger partial charge in [0, 0.05) is 27.7 Å². The molecule has 0 saturated carbocycles. The number of nitrogens with zero attached hydrogens (tertiary/aromatic N) is 3. The van der Waals surface area contributed by atoms with Gasteiger partial charge in [0.05, 0.1) is 16.6 Å². The van der Waals surface area contributed by atoms with E-state index < -0.39 is 0 Å². The highest BCUT2D eigenvalue weighted by molar-refractivity contribution is 9.10. The molecule has 3 rings (SSSR count). The standard InChI is InChI=1S/C24H30BrN3OS2/c1-5-27(6-2)13-14-28(24-26-21-12-9-19(25)16-22(21)31-24)23(29)15-18-7-10-20(11-8-18)30-17(3)4/h7-12,16-17H,5-6,13-15H2,1-4H3. The number of anilines is 1. The highest BCUT2D eigenvalue weighted by Crippen LogP contribution is 2.31. The summed E-state index contributed by atoms with van der Waals surface area (Å²) in [5.41, 5.74) is 1.97. The SMILES string of the molecule is CCN(CC)CCN(C(=O)Cc1ccc(SC(C)C)cc1)c1nc2ccc(Br)cc2s1. The van der Waals surface area contributed by atoms with Crippen LogP contribution in [0.4, 0.5) is 5.13 Å². The molecular formula is C24H30BrN3OS2. The number of thioether (sulfide) groups is 1. The van der Waals surface area contributed by atoms with E-state index in [2.05, 4.69) is 78.9 Å². The number of likely N-dealkylation sites (N-methyl/N-ethyl adjacent to an activating group) is 1. The Morgan fingerprint density at radius 1 is 1.10 bits per heavy atom. The number of carbonyl (C=O) groups excluding carboxylic acids is 1. The van der Waals surface area contributed by atoms with Gasteiger partial charge in [-0.3, -0.25) is 9.69 Å². The molecule has 0 fully saturated rings. The Morgan fingerprint density at radius 3 is 2.45 bits per heavy atom. The number of benzene rings is 2. The summed E-state index contributed by atoms with van der Waals surface area (Å²) in [5.74, 6) is 0.0922. The van der Waals surface area contributed by atoms with Crippen LogP contribution in [0, 0.1) is 0 Å². The second-order valence-electron chi connectivity index (χ2n) is 7.67. The van der Waals surface area contributed by atoms with Crippen molar-refractivity contribution in [2.24, 2.45) is 0 Å². The predicted octanol–water partition coefficient (Wildman–Crippen LogP) is 6.48. The zero-order valence-corrected chi connectivity index (χ0v) is 21.8. The summed E-state index contributed by atoms with van der Waals surface area (Å²) in [6, 6.07) is 14.4. The third-order valence-corrected chi connectivity index (χ3v) is 7.61. The number of rotatable bonds is 10. The van der Waals surface area contributed by atoms with Crippen LogP contribution in [0.3, 0.4) is 0 Å². The molecule has 0 aliphatic carbocycles. The van der Waals surface area contributed by atoms with Crippen molar-refractivity contribution in [3.05, 3.63) is 52.5 Å². The average molecular weight is 521 g/mol. The molecule has 0 aliphatic rings. The predicted molar refractivity (Wildman–Crippen MR) is 139 cm³/mol. The minimum atomic E-state index is 0.0922. The molecule has 3 aromatic rings. The van der Waals surface area contributed by atoms with Gasteiger partial charge in [-0.2, -0.15) is 0 Å². The molecule has 1 aromatic heterocycles. The zero-order valence-electron chi connectivity index (χ0n) is 18.6. The van der Waals surface area contributed by atoms with E-state index in [1.165, 1.54) is 4.90 Å². The van der Waals surface area contributed by atoms with Crippen LogP contribution in [0.15, 0.2) is 51.8 Å². The Labute approximate surface area is 202 Å². The van der Waals surface area contributed by atoms with Gasteiger partial charge in [0.1, 0.15) is 0 Å². The van der Waals surface area contributed by atoms with E-state index in [1.807, 2.05) is 28.8 Å². The van der Waals surface area contributed by atoms with E-state index in [1.54, 1.807) is 11.3 Å². The summed E-state index contributed by atoms with van der Waals surface area (Å²) >= 11 is 6.94. The molecule has 2 aromatic carbocycles. The molecule has 1 heterocycles. The van der Waals surface area contributed by atoms with Crippen molar-refractivity contribution in [1.82, 2.24) is 9.88 Å². The lowest BCUT2D eigenvalue weighted by Gasteiger charge is -2.24. The fourth-order valence-electron chi connectivity index (χ4n) is 3.34. The first-order valence-corrected chi connectivity index (χ1v) is 13.2. The number of hydrogen-bond acceptors (Lipinski definition) is 5. The lowest BCUT2D eigenvalue weighted by Crippen LogP contribution is -2.39.